The predicted octanol–water partition coefficient (Wildman–Crippen LogP) is 4.71. The van der Waals surface area contributed by atoms with Gasteiger partial charge in [0, 0.05) is 19.2 Å². The van der Waals surface area contributed by atoms with Crippen molar-refractivity contribution in [2.24, 2.45) is 0 Å². The Balaban J connectivity index is 1.78. The number of aryl methyl sites for hydroxylation is 1. The van der Waals surface area contributed by atoms with Gasteiger partial charge < -0.3 is 14.4 Å². The van der Waals surface area contributed by atoms with E-state index in [4.69, 9.17) is 9.47 Å². The molecule has 0 aromatic heterocycles. The largest absolute Gasteiger partial charge is 0.452 e. The zero-order valence-electron chi connectivity index (χ0n) is 15.8. The topological polar surface area (TPSA) is 55.8 Å². The predicted molar refractivity (Wildman–Crippen MR) is 104 cm³/mol. The van der Waals surface area contributed by atoms with Crippen LogP contribution in [0.25, 0.3) is 6.08 Å². The molecule has 1 aliphatic heterocycles. The van der Waals surface area contributed by atoms with E-state index < -0.39 is 6.09 Å². The molecule has 2 aromatic rings. The molecule has 27 heavy (non-hydrogen) atoms. The van der Waals surface area contributed by atoms with Crippen molar-refractivity contribution in [2.45, 2.75) is 27.2 Å². The Morgan fingerprint density at radius 1 is 1.07 bits per heavy atom. The van der Waals surface area contributed by atoms with Crippen molar-refractivity contribution >= 4 is 18.0 Å². The molecule has 0 aliphatic carbocycles. The molecule has 0 saturated carbocycles. The zero-order valence-corrected chi connectivity index (χ0v) is 15.8. The second-order valence-corrected chi connectivity index (χ2v) is 6.23. The monoisotopic (exact) mass is 365 g/mol. The highest BCUT2D eigenvalue weighted by Gasteiger charge is 2.28. The van der Waals surface area contributed by atoms with Crippen molar-refractivity contribution in [3.05, 3.63) is 64.9 Å². The van der Waals surface area contributed by atoms with Crippen LogP contribution in [0.1, 0.15) is 42.3 Å². The minimum Gasteiger partial charge on any atom is -0.452 e. The van der Waals surface area contributed by atoms with Crippen LogP contribution in [0.15, 0.2) is 48.2 Å². The van der Waals surface area contributed by atoms with E-state index in [1.54, 1.807) is 29.2 Å². The van der Waals surface area contributed by atoms with Gasteiger partial charge in [-0.25, -0.2) is 4.79 Å². The minimum absolute atomic E-state index is 0.175. The summed E-state index contributed by atoms with van der Waals surface area (Å²) in [5, 5.41) is 0. The van der Waals surface area contributed by atoms with E-state index in [-0.39, 0.29) is 11.5 Å². The molecule has 0 saturated heterocycles. The molecular formula is C22H23NO4. The van der Waals surface area contributed by atoms with Crippen LogP contribution < -0.4 is 9.47 Å². The number of ketones is 1. The van der Waals surface area contributed by atoms with E-state index in [0.29, 0.717) is 30.2 Å². The SMILES string of the molecule is CCc1ccc(C=C2Oc3cc(OC(=O)N(CC)CC)ccc3C2=O)cc1. The molecule has 0 fully saturated rings. The average Bonchev–Trinajstić information content (AvgIpc) is 2.98. The molecule has 1 aliphatic rings. The zero-order chi connectivity index (χ0) is 19.4. The number of fused-ring (bicyclic) bond motifs is 1. The Morgan fingerprint density at radius 3 is 2.41 bits per heavy atom. The molecule has 2 aromatic carbocycles. The summed E-state index contributed by atoms with van der Waals surface area (Å²) in [4.78, 5) is 26.2. The Morgan fingerprint density at radius 2 is 1.78 bits per heavy atom. The van der Waals surface area contributed by atoms with Crippen molar-refractivity contribution in [3.63, 3.8) is 0 Å². The first-order valence-electron chi connectivity index (χ1n) is 9.19. The number of hydrogen-bond donors (Lipinski definition) is 0. The Hall–Kier alpha value is -3.08. The van der Waals surface area contributed by atoms with Gasteiger partial charge in [-0.15, -0.1) is 0 Å². The summed E-state index contributed by atoms with van der Waals surface area (Å²) in [6.07, 6.45) is 2.27. The highest BCUT2D eigenvalue weighted by atomic mass is 16.6. The number of amides is 1. The lowest BCUT2D eigenvalue weighted by molar-refractivity contribution is 0.101. The second-order valence-electron chi connectivity index (χ2n) is 6.23. The van der Waals surface area contributed by atoms with Crippen molar-refractivity contribution in [1.29, 1.82) is 0 Å². The number of allylic oxidation sites excluding steroid dienone is 1. The highest BCUT2D eigenvalue weighted by molar-refractivity contribution is 6.14. The van der Waals surface area contributed by atoms with Gasteiger partial charge in [0.25, 0.3) is 0 Å². The normalized spacial score (nSPS) is 14.0. The molecule has 0 spiro atoms. The van der Waals surface area contributed by atoms with Crippen LogP contribution in [-0.4, -0.2) is 29.9 Å². The molecule has 0 atom stereocenters. The van der Waals surface area contributed by atoms with Gasteiger partial charge in [0.1, 0.15) is 11.5 Å². The van der Waals surface area contributed by atoms with Crippen LogP contribution in [-0.2, 0) is 6.42 Å². The number of ether oxygens (including phenoxy) is 2. The molecule has 0 radical (unpaired) electrons. The number of nitrogens with zero attached hydrogens (tertiary/aromatic N) is 1. The third-order valence-electron chi connectivity index (χ3n) is 4.55. The number of carbonyl (C=O) groups is 2. The molecule has 0 unspecified atom stereocenters. The van der Waals surface area contributed by atoms with Crippen molar-refractivity contribution in [1.82, 2.24) is 4.90 Å². The van der Waals surface area contributed by atoms with Crippen molar-refractivity contribution < 1.29 is 19.1 Å². The summed E-state index contributed by atoms with van der Waals surface area (Å²) in [5.74, 6) is 0.848. The van der Waals surface area contributed by atoms with Gasteiger partial charge in [0.2, 0.25) is 5.78 Å². The van der Waals surface area contributed by atoms with Gasteiger partial charge in [0.05, 0.1) is 5.56 Å². The molecule has 0 bridgehead atoms. The van der Waals surface area contributed by atoms with E-state index in [9.17, 15) is 9.59 Å². The summed E-state index contributed by atoms with van der Waals surface area (Å²) in [6, 6.07) is 12.8. The van der Waals surface area contributed by atoms with Crippen LogP contribution in [0, 0.1) is 0 Å². The van der Waals surface area contributed by atoms with Crippen LogP contribution in [0.2, 0.25) is 0 Å². The number of rotatable bonds is 5. The fraction of sp³-hybridized carbons (Fsp3) is 0.273. The van der Waals surface area contributed by atoms with E-state index in [2.05, 4.69) is 6.92 Å². The lowest BCUT2D eigenvalue weighted by Gasteiger charge is -2.17. The maximum absolute atomic E-state index is 12.5. The number of Topliss-reactive ketones (excluding diaryl/α,β-unsaturated/α-hetero) is 1. The molecule has 140 valence electrons. The molecule has 3 rings (SSSR count). The number of carbonyl (C=O) groups excluding carboxylic acids is 2. The van der Waals surface area contributed by atoms with Gasteiger partial charge in [-0.05, 0) is 49.6 Å². The number of benzene rings is 2. The quantitative estimate of drug-likeness (QED) is 0.720. The van der Waals surface area contributed by atoms with Crippen LogP contribution in [0.3, 0.4) is 0 Å². The Labute approximate surface area is 159 Å². The molecule has 5 nitrogen and oxygen atoms in total. The lowest BCUT2D eigenvalue weighted by Crippen LogP contribution is -2.33. The molecule has 1 heterocycles. The van der Waals surface area contributed by atoms with E-state index in [1.807, 2.05) is 38.1 Å². The minimum atomic E-state index is -0.420. The maximum atomic E-state index is 12.5. The fourth-order valence-electron chi connectivity index (χ4n) is 2.88. The van der Waals surface area contributed by atoms with Gasteiger partial charge in [-0.3, -0.25) is 4.79 Å². The fourth-order valence-corrected chi connectivity index (χ4v) is 2.88. The van der Waals surface area contributed by atoms with Crippen molar-refractivity contribution in [3.8, 4) is 11.5 Å². The van der Waals surface area contributed by atoms with Crippen molar-refractivity contribution in [2.75, 3.05) is 13.1 Å². The highest BCUT2D eigenvalue weighted by Crippen LogP contribution is 2.35. The molecule has 0 N–H and O–H groups in total. The maximum Gasteiger partial charge on any atom is 0.415 e. The van der Waals surface area contributed by atoms with E-state index >= 15 is 0 Å². The second kappa shape index (κ2) is 8.08. The average molecular weight is 365 g/mol. The first-order valence-corrected chi connectivity index (χ1v) is 9.19. The number of hydrogen-bond acceptors (Lipinski definition) is 4. The molecule has 1 amide bonds. The summed E-state index contributed by atoms with van der Waals surface area (Å²) in [5.41, 5.74) is 2.60. The lowest BCUT2D eigenvalue weighted by atomic mass is 10.1. The first kappa shape index (κ1) is 18.7. The first-order chi connectivity index (χ1) is 13.0. The standard InChI is InChI=1S/C22H23NO4/c1-4-15-7-9-16(10-8-15)13-20-21(24)18-12-11-17(14-19(18)27-20)26-22(25)23(5-2)6-3/h7-14H,4-6H2,1-3H3. The van der Waals surface area contributed by atoms with Crippen LogP contribution in [0.5, 0.6) is 11.5 Å². The summed E-state index contributed by atoms with van der Waals surface area (Å²) in [7, 11) is 0. The van der Waals surface area contributed by atoms with Crippen LogP contribution in [0.4, 0.5) is 4.79 Å². The molecule has 5 heteroatoms. The third kappa shape index (κ3) is 4.03. The van der Waals surface area contributed by atoms with Gasteiger partial charge >= 0.3 is 6.09 Å². The van der Waals surface area contributed by atoms with Gasteiger partial charge in [-0.2, -0.15) is 0 Å². The van der Waals surface area contributed by atoms with Gasteiger partial charge in [-0.1, -0.05) is 31.2 Å². The van der Waals surface area contributed by atoms with Gasteiger partial charge in [0.15, 0.2) is 5.76 Å². The summed E-state index contributed by atoms with van der Waals surface area (Å²) < 4.78 is 11.1. The Kier molecular flexibility index (Phi) is 5.60. The summed E-state index contributed by atoms with van der Waals surface area (Å²) >= 11 is 0. The Bertz CT molecular complexity index is 880. The summed E-state index contributed by atoms with van der Waals surface area (Å²) in [6.45, 7) is 7.01. The van der Waals surface area contributed by atoms with E-state index in [0.717, 1.165) is 12.0 Å². The smallest absolute Gasteiger partial charge is 0.415 e. The third-order valence-corrected chi connectivity index (χ3v) is 4.55. The molecular weight excluding hydrogens is 342 g/mol. The van der Waals surface area contributed by atoms with Crippen LogP contribution >= 0.6 is 0 Å². The van der Waals surface area contributed by atoms with E-state index in [1.165, 1.54) is 5.56 Å².